The van der Waals surface area contributed by atoms with Crippen LogP contribution in [0.1, 0.15) is 6.92 Å². The molecular weight excluding hydrogens is 284 g/mol. The molecule has 0 spiro atoms. The third kappa shape index (κ3) is 8.10. The third-order valence-electron chi connectivity index (χ3n) is 2.20. The quantitative estimate of drug-likeness (QED) is 0.572. The minimum atomic E-state index is -0.0373. The number of hydrogen-bond acceptors (Lipinski definition) is 4. The number of carbonyl (C=O) groups is 1. The maximum Gasteiger partial charge on any atom is 0.238 e. The molecule has 1 amide bonds. The van der Waals surface area contributed by atoms with Crippen molar-refractivity contribution in [3.63, 3.8) is 0 Å². The first-order valence-electron chi connectivity index (χ1n) is 5.98. The number of anilines is 1. The molecule has 0 aliphatic carbocycles. The lowest BCUT2D eigenvalue weighted by molar-refractivity contribution is -0.115. The van der Waals surface area contributed by atoms with Crippen molar-refractivity contribution in [2.24, 2.45) is 0 Å². The highest BCUT2D eigenvalue weighted by molar-refractivity contribution is 7.99. The zero-order valence-corrected chi connectivity index (χ0v) is 12.9. The topological polar surface area (TPSA) is 50.4 Å². The van der Waals surface area contributed by atoms with E-state index in [2.05, 4.69) is 17.6 Å². The van der Waals surface area contributed by atoms with Crippen LogP contribution in [-0.4, -0.2) is 38.5 Å². The van der Waals surface area contributed by atoms with E-state index in [0.717, 1.165) is 11.4 Å². The number of halogens is 1. The summed E-state index contributed by atoms with van der Waals surface area (Å²) >= 11 is 1.76. The Morgan fingerprint density at radius 3 is 2.89 bits per heavy atom. The predicted octanol–water partition coefficient (Wildman–Crippen LogP) is 2.39. The Labute approximate surface area is 125 Å². The van der Waals surface area contributed by atoms with Crippen LogP contribution in [0.4, 0.5) is 5.69 Å². The summed E-state index contributed by atoms with van der Waals surface area (Å²) in [5.74, 6) is 0.987. The van der Waals surface area contributed by atoms with Gasteiger partial charge >= 0.3 is 0 Å². The molecule has 19 heavy (non-hydrogen) atoms. The van der Waals surface area contributed by atoms with E-state index in [-0.39, 0.29) is 18.3 Å². The zero-order chi connectivity index (χ0) is 13.2. The summed E-state index contributed by atoms with van der Waals surface area (Å²) < 4.78 is 4.89. The predicted molar refractivity (Wildman–Crippen MR) is 83.5 cm³/mol. The van der Waals surface area contributed by atoms with Crippen molar-refractivity contribution in [1.29, 1.82) is 0 Å². The first kappa shape index (κ1) is 18.2. The molecule has 0 aromatic heterocycles. The van der Waals surface area contributed by atoms with Gasteiger partial charge in [-0.05, 0) is 24.0 Å². The maximum atomic E-state index is 11.6. The fourth-order valence-corrected chi connectivity index (χ4v) is 2.13. The Morgan fingerprint density at radius 2 is 2.21 bits per heavy atom. The van der Waals surface area contributed by atoms with Crippen LogP contribution < -0.4 is 10.6 Å². The standard InChI is InChI=1S/C13H20N2O2S.ClH/c1-3-18-12-6-4-5-11(9-12)15-13(16)10-14-7-8-17-2;/h4-6,9,14H,3,7-8,10H2,1-2H3,(H,15,16);1H. The summed E-state index contributed by atoms with van der Waals surface area (Å²) in [6, 6.07) is 7.88. The first-order chi connectivity index (χ1) is 8.76. The number of ether oxygens (including phenoxy) is 1. The lowest BCUT2D eigenvalue weighted by Gasteiger charge is -2.07. The van der Waals surface area contributed by atoms with E-state index in [1.165, 1.54) is 4.90 Å². The molecule has 0 saturated carbocycles. The van der Waals surface area contributed by atoms with E-state index >= 15 is 0 Å². The average Bonchev–Trinajstić information content (AvgIpc) is 2.35. The van der Waals surface area contributed by atoms with Crippen LogP contribution in [-0.2, 0) is 9.53 Å². The van der Waals surface area contributed by atoms with Gasteiger partial charge in [0.2, 0.25) is 5.91 Å². The van der Waals surface area contributed by atoms with Gasteiger partial charge in [0.1, 0.15) is 0 Å². The summed E-state index contributed by atoms with van der Waals surface area (Å²) in [7, 11) is 1.64. The molecule has 0 unspecified atom stereocenters. The summed E-state index contributed by atoms with van der Waals surface area (Å²) in [5, 5.41) is 5.87. The lowest BCUT2D eigenvalue weighted by Crippen LogP contribution is -2.30. The van der Waals surface area contributed by atoms with E-state index in [1.807, 2.05) is 24.3 Å². The van der Waals surface area contributed by atoms with Gasteiger partial charge in [-0.25, -0.2) is 0 Å². The second-order valence-electron chi connectivity index (χ2n) is 3.68. The Morgan fingerprint density at radius 1 is 1.42 bits per heavy atom. The normalized spacial score (nSPS) is 9.79. The maximum absolute atomic E-state index is 11.6. The van der Waals surface area contributed by atoms with Crippen molar-refractivity contribution in [3.8, 4) is 0 Å². The van der Waals surface area contributed by atoms with Crippen molar-refractivity contribution in [3.05, 3.63) is 24.3 Å². The summed E-state index contributed by atoms with van der Waals surface area (Å²) in [4.78, 5) is 12.8. The number of carbonyl (C=O) groups excluding carboxylic acids is 1. The average molecular weight is 305 g/mol. The molecule has 0 bridgehead atoms. The van der Waals surface area contributed by atoms with E-state index in [1.54, 1.807) is 18.9 Å². The van der Waals surface area contributed by atoms with Gasteiger partial charge in [0.15, 0.2) is 0 Å². The molecule has 0 radical (unpaired) electrons. The van der Waals surface area contributed by atoms with Crippen LogP contribution in [0, 0.1) is 0 Å². The Bertz CT molecular complexity index is 377. The largest absolute Gasteiger partial charge is 0.383 e. The van der Waals surface area contributed by atoms with Crippen LogP contribution in [0.15, 0.2) is 29.2 Å². The van der Waals surface area contributed by atoms with Crippen molar-refractivity contribution < 1.29 is 9.53 Å². The minimum Gasteiger partial charge on any atom is -0.383 e. The van der Waals surface area contributed by atoms with E-state index in [0.29, 0.717) is 19.7 Å². The molecule has 6 heteroatoms. The number of hydrogen-bond donors (Lipinski definition) is 2. The highest BCUT2D eigenvalue weighted by Gasteiger charge is 2.02. The number of thioether (sulfide) groups is 1. The van der Waals surface area contributed by atoms with Crippen molar-refractivity contribution in [2.75, 3.05) is 37.9 Å². The molecule has 0 aliphatic rings. The number of benzene rings is 1. The number of amides is 1. The molecule has 0 atom stereocenters. The zero-order valence-electron chi connectivity index (χ0n) is 11.3. The Balaban J connectivity index is 0.00000324. The molecule has 0 aliphatic heterocycles. The van der Waals surface area contributed by atoms with Gasteiger partial charge in [-0.1, -0.05) is 13.0 Å². The summed E-state index contributed by atoms with van der Waals surface area (Å²) in [6.07, 6.45) is 0. The van der Waals surface area contributed by atoms with Crippen molar-refractivity contribution >= 4 is 35.8 Å². The van der Waals surface area contributed by atoms with Gasteiger partial charge in [0.05, 0.1) is 13.2 Å². The SMILES string of the molecule is CCSc1cccc(NC(=O)CNCCOC)c1.Cl. The van der Waals surface area contributed by atoms with E-state index in [9.17, 15) is 4.79 Å². The smallest absolute Gasteiger partial charge is 0.238 e. The molecule has 0 fully saturated rings. The first-order valence-corrected chi connectivity index (χ1v) is 6.97. The van der Waals surface area contributed by atoms with Crippen molar-refractivity contribution in [1.82, 2.24) is 5.32 Å². The fourth-order valence-electron chi connectivity index (χ4n) is 1.41. The van der Waals surface area contributed by atoms with Crippen LogP contribution in [0.3, 0.4) is 0 Å². The molecule has 1 aromatic carbocycles. The molecule has 2 N–H and O–H groups in total. The number of rotatable bonds is 8. The van der Waals surface area contributed by atoms with Gasteiger partial charge in [-0.2, -0.15) is 0 Å². The number of methoxy groups -OCH3 is 1. The molecule has 1 rings (SSSR count). The van der Waals surface area contributed by atoms with E-state index in [4.69, 9.17) is 4.74 Å². The third-order valence-corrected chi connectivity index (χ3v) is 3.07. The Kier molecular flexibility index (Phi) is 10.7. The van der Waals surface area contributed by atoms with Gasteiger partial charge in [0, 0.05) is 24.2 Å². The second kappa shape index (κ2) is 11.1. The molecule has 4 nitrogen and oxygen atoms in total. The summed E-state index contributed by atoms with van der Waals surface area (Å²) in [5.41, 5.74) is 0.840. The lowest BCUT2D eigenvalue weighted by atomic mass is 10.3. The van der Waals surface area contributed by atoms with Crippen LogP contribution in [0.25, 0.3) is 0 Å². The van der Waals surface area contributed by atoms with Crippen molar-refractivity contribution in [2.45, 2.75) is 11.8 Å². The van der Waals surface area contributed by atoms with Crippen LogP contribution in [0.2, 0.25) is 0 Å². The molecule has 1 aromatic rings. The molecular formula is C13H21ClN2O2S. The fraction of sp³-hybridized carbons (Fsp3) is 0.462. The highest BCUT2D eigenvalue weighted by atomic mass is 35.5. The van der Waals surface area contributed by atoms with Crippen LogP contribution in [0.5, 0.6) is 0 Å². The van der Waals surface area contributed by atoms with Gasteiger partial charge in [-0.3, -0.25) is 4.79 Å². The Hall–Kier alpha value is -0.750. The minimum absolute atomic E-state index is 0. The monoisotopic (exact) mass is 304 g/mol. The molecule has 0 saturated heterocycles. The van der Waals surface area contributed by atoms with Gasteiger partial charge < -0.3 is 15.4 Å². The number of nitrogens with one attached hydrogen (secondary N) is 2. The van der Waals surface area contributed by atoms with Gasteiger partial charge in [0.25, 0.3) is 0 Å². The van der Waals surface area contributed by atoms with Crippen LogP contribution >= 0.6 is 24.2 Å². The second-order valence-corrected chi connectivity index (χ2v) is 5.02. The summed E-state index contributed by atoms with van der Waals surface area (Å²) in [6.45, 7) is 3.69. The van der Waals surface area contributed by atoms with Gasteiger partial charge in [-0.15, -0.1) is 24.2 Å². The highest BCUT2D eigenvalue weighted by Crippen LogP contribution is 2.20. The molecule has 108 valence electrons. The molecule has 0 heterocycles. The van der Waals surface area contributed by atoms with E-state index < -0.39 is 0 Å².